The summed E-state index contributed by atoms with van der Waals surface area (Å²) in [5.41, 5.74) is 5.30. The van der Waals surface area contributed by atoms with E-state index in [2.05, 4.69) is 0 Å². The van der Waals surface area contributed by atoms with Crippen molar-refractivity contribution in [2.24, 2.45) is 0 Å². The minimum atomic E-state index is -1.57. The standard InChI is InChI=1S/C12H7F4N/c13-8-3-1-2-7(12(8)17)6-4-9(14)11(16)10(15)5-6/h1-5H,17H2. The molecule has 0 aliphatic heterocycles. The molecule has 0 aromatic heterocycles. The fourth-order valence-electron chi connectivity index (χ4n) is 1.50. The second kappa shape index (κ2) is 4.08. The number of hydrogen-bond donors (Lipinski definition) is 1. The van der Waals surface area contributed by atoms with Gasteiger partial charge < -0.3 is 5.73 Å². The van der Waals surface area contributed by atoms with E-state index in [1.54, 1.807) is 0 Å². The largest absolute Gasteiger partial charge is 0.396 e. The van der Waals surface area contributed by atoms with Gasteiger partial charge in [-0.05, 0) is 23.8 Å². The van der Waals surface area contributed by atoms with Crippen LogP contribution in [0.3, 0.4) is 0 Å². The molecule has 5 heteroatoms. The van der Waals surface area contributed by atoms with E-state index in [0.29, 0.717) is 0 Å². The molecule has 17 heavy (non-hydrogen) atoms. The minimum Gasteiger partial charge on any atom is -0.396 e. The monoisotopic (exact) mass is 241 g/mol. The predicted molar refractivity (Wildman–Crippen MR) is 56.1 cm³/mol. The molecule has 2 N–H and O–H groups in total. The molecule has 0 spiro atoms. The van der Waals surface area contributed by atoms with E-state index in [-0.39, 0.29) is 16.8 Å². The molecule has 0 aliphatic rings. The van der Waals surface area contributed by atoms with Crippen molar-refractivity contribution in [1.82, 2.24) is 0 Å². The predicted octanol–water partition coefficient (Wildman–Crippen LogP) is 3.49. The third kappa shape index (κ3) is 1.95. The molecule has 0 bridgehead atoms. The third-order valence-corrected chi connectivity index (χ3v) is 2.35. The van der Waals surface area contributed by atoms with Crippen LogP contribution in [0.5, 0.6) is 0 Å². The Hall–Kier alpha value is -2.04. The molecule has 0 aliphatic carbocycles. The van der Waals surface area contributed by atoms with Crippen LogP contribution in [0.15, 0.2) is 30.3 Å². The summed E-state index contributed by atoms with van der Waals surface area (Å²) in [7, 11) is 0. The maximum Gasteiger partial charge on any atom is 0.194 e. The Labute approximate surface area is 94.5 Å². The molecule has 0 saturated heterocycles. The van der Waals surface area contributed by atoms with E-state index in [1.807, 2.05) is 0 Å². The van der Waals surface area contributed by atoms with Gasteiger partial charge in [0.2, 0.25) is 0 Å². The number of nitrogens with two attached hydrogens (primary N) is 1. The lowest BCUT2D eigenvalue weighted by Crippen LogP contribution is -1.97. The SMILES string of the molecule is Nc1c(F)cccc1-c1cc(F)c(F)c(F)c1. The first-order valence-electron chi connectivity index (χ1n) is 4.69. The van der Waals surface area contributed by atoms with Crippen LogP contribution < -0.4 is 5.73 Å². The van der Waals surface area contributed by atoms with Gasteiger partial charge in [-0.25, -0.2) is 17.6 Å². The molecule has 0 saturated carbocycles. The number of benzene rings is 2. The zero-order valence-corrected chi connectivity index (χ0v) is 8.48. The summed E-state index contributed by atoms with van der Waals surface area (Å²) < 4.78 is 51.9. The van der Waals surface area contributed by atoms with Crippen LogP contribution in [-0.4, -0.2) is 0 Å². The highest BCUT2D eigenvalue weighted by molar-refractivity contribution is 5.76. The van der Waals surface area contributed by atoms with Crippen LogP contribution in [-0.2, 0) is 0 Å². The molecule has 0 heterocycles. The maximum atomic E-state index is 13.2. The van der Waals surface area contributed by atoms with Crippen molar-refractivity contribution in [1.29, 1.82) is 0 Å². The Morgan fingerprint density at radius 3 is 2.00 bits per heavy atom. The number of halogens is 4. The van der Waals surface area contributed by atoms with Gasteiger partial charge in [0.15, 0.2) is 17.5 Å². The summed E-state index contributed by atoms with van der Waals surface area (Å²) >= 11 is 0. The number of nitrogen functional groups attached to an aromatic ring is 1. The smallest absolute Gasteiger partial charge is 0.194 e. The van der Waals surface area contributed by atoms with Gasteiger partial charge in [-0.2, -0.15) is 0 Å². The van der Waals surface area contributed by atoms with Crippen molar-refractivity contribution in [2.75, 3.05) is 5.73 Å². The average Bonchev–Trinajstić information content (AvgIpc) is 2.29. The molecule has 0 unspecified atom stereocenters. The summed E-state index contributed by atoms with van der Waals surface area (Å²) in [5.74, 6) is -4.95. The molecule has 2 aromatic rings. The fraction of sp³-hybridized carbons (Fsp3) is 0. The Bertz CT molecular complexity index is 558. The van der Waals surface area contributed by atoms with Crippen LogP contribution in [0.1, 0.15) is 0 Å². The average molecular weight is 241 g/mol. The highest BCUT2D eigenvalue weighted by Gasteiger charge is 2.14. The van der Waals surface area contributed by atoms with E-state index in [4.69, 9.17) is 5.73 Å². The molecule has 0 radical (unpaired) electrons. The van der Waals surface area contributed by atoms with Crippen molar-refractivity contribution in [3.8, 4) is 11.1 Å². The maximum absolute atomic E-state index is 13.2. The van der Waals surface area contributed by atoms with Crippen molar-refractivity contribution < 1.29 is 17.6 Å². The molecule has 2 rings (SSSR count). The van der Waals surface area contributed by atoms with Crippen LogP contribution in [0.4, 0.5) is 23.2 Å². The molecule has 0 atom stereocenters. The summed E-state index contributed by atoms with van der Waals surface area (Å²) in [5, 5.41) is 0. The zero-order valence-electron chi connectivity index (χ0n) is 8.48. The third-order valence-electron chi connectivity index (χ3n) is 2.35. The van der Waals surface area contributed by atoms with Crippen LogP contribution in [0.2, 0.25) is 0 Å². The summed E-state index contributed by atoms with van der Waals surface area (Å²) in [6.45, 7) is 0. The molecule has 88 valence electrons. The number of para-hydroxylation sites is 1. The van der Waals surface area contributed by atoms with E-state index < -0.39 is 23.3 Å². The van der Waals surface area contributed by atoms with E-state index in [9.17, 15) is 17.6 Å². The Balaban J connectivity index is 2.65. The van der Waals surface area contributed by atoms with Crippen molar-refractivity contribution in [3.63, 3.8) is 0 Å². The van der Waals surface area contributed by atoms with E-state index in [0.717, 1.165) is 18.2 Å². The van der Waals surface area contributed by atoms with Gasteiger partial charge in [0, 0.05) is 5.56 Å². The van der Waals surface area contributed by atoms with Crippen LogP contribution in [0.25, 0.3) is 11.1 Å². The molecular weight excluding hydrogens is 234 g/mol. The lowest BCUT2D eigenvalue weighted by Gasteiger charge is -2.07. The van der Waals surface area contributed by atoms with Crippen molar-refractivity contribution in [2.45, 2.75) is 0 Å². The van der Waals surface area contributed by atoms with Gasteiger partial charge in [0.1, 0.15) is 5.82 Å². The van der Waals surface area contributed by atoms with E-state index in [1.165, 1.54) is 12.1 Å². The summed E-state index contributed by atoms with van der Waals surface area (Å²) in [6.07, 6.45) is 0. The topological polar surface area (TPSA) is 26.0 Å². The van der Waals surface area contributed by atoms with Crippen molar-refractivity contribution >= 4 is 5.69 Å². The highest BCUT2D eigenvalue weighted by atomic mass is 19.2. The van der Waals surface area contributed by atoms with Gasteiger partial charge in [0.05, 0.1) is 5.69 Å². The number of rotatable bonds is 1. The van der Waals surface area contributed by atoms with Crippen molar-refractivity contribution in [3.05, 3.63) is 53.6 Å². The zero-order chi connectivity index (χ0) is 12.6. The Morgan fingerprint density at radius 1 is 0.824 bits per heavy atom. The minimum absolute atomic E-state index is 0.0154. The molecule has 2 aromatic carbocycles. The molecular formula is C12H7F4N. The van der Waals surface area contributed by atoms with Gasteiger partial charge >= 0.3 is 0 Å². The number of hydrogen-bond acceptors (Lipinski definition) is 1. The second-order valence-electron chi connectivity index (χ2n) is 3.45. The molecule has 1 nitrogen and oxygen atoms in total. The Morgan fingerprint density at radius 2 is 1.41 bits per heavy atom. The van der Waals surface area contributed by atoms with Gasteiger partial charge in [0.25, 0.3) is 0 Å². The van der Waals surface area contributed by atoms with Gasteiger partial charge in [-0.1, -0.05) is 12.1 Å². The lowest BCUT2D eigenvalue weighted by molar-refractivity contribution is 0.447. The fourth-order valence-corrected chi connectivity index (χ4v) is 1.50. The van der Waals surface area contributed by atoms with E-state index >= 15 is 0 Å². The number of anilines is 1. The summed E-state index contributed by atoms with van der Waals surface area (Å²) in [4.78, 5) is 0. The van der Waals surface area contributed by atoms with Crippen LogP contribution >= 0.6 is 0 Å². The van der Waals surface area contributed by atoms with Gasteiger partial charge in [-0.3, -0.25) is 0 Å². The first kappa shape index (κ1) is 11.4. The van der Waals surface area contributed by atoms with Gasteiger partial charge in [-0.15, -0.1) is 0 Å². The van der Waals surface area contributed by atoms with Crippen LogP contribution in [0, 0.1) is 23.3 Å². The quantitative estimate of drug-likeness (QED) is 0.461. The molecule has 0 fully saturated rings. The first-order chi connectivity index (χ1) is 8.00. The lowest BCUT2D eigenvalue weighted by atomic mass is 10.0. The highest BCUT2D eigenvalue weighted by Crippen LogP contribution is 2.29. The normalized spacial score (nSPS) is 10.6. The Kier molecular flexibility index (Phi) is 2.75. The molecule has 0 amide bonds. The second-order valence-corrected chi connectivity index (χ2v) is 3.45. The first-order valence-corrected chi connectivity index (χ1v) is 4.69. The summed E-state index contributed by atoms with van der Waals surface area (Å²) in [6, 6.07) is 5.40.